The Morgan fingerprint density at radius 1 is 1.14 bits per heavy atom. The number of aromatic nitrogens is 1. The van der Waals surface area contributed by atoms with Gasteiger partial charge in [-0.3, -0.25) is 9.69 Å². The monoisotopic (exact) mass is 395 g/mol. The minimum atomic E-state index is -4.43. The van der Waals surface area contributed by atoms with Crippen LogP contribution < -0.4 is 10.1 Å². The first-order valence-corrected chi connectivity index (χ1v) is 8.86. The Bertz CT molecular complexity index is 760. The molecule has 0 bridgehead atoms. The number of ether oxygens (including phenoxy) is 1. The molecule has 0 unspecified atom stereocenters. The van der Waals surface area contributed by atoms with Crippen LogP contribution in [0.4, 0.5) is 13.2 Å². The van der Waals surface area contributed by atoms with Crippen LogP contribution in [0, 0.1) is 0 Å². The van der Waals surface area contributed by atoms with Crippen LogP contribution in [0.25, 0.3) is 0 Å². The maximum Gasteiger partial charge on any atom is 0.422 e. The number of halogens is 3. The van der Waals surface area contributed by atoms with Crippen LogP contribution in [0.15, 0.2) is 42.6 Å². The van der Waals surface area contributed by atoms with E-state index >= 15 is 0 Å². The fourth-order valence-corrected chi connectivity index (χ4v) is 2.27. The predicted octanol–water partition coefficient (Wildman–Crippen LogP) is 3.79. The maximum absolute atomic E-state index is 12.2. The van der Waals surface area contributed by atoms with Crippen molar-refractivity contribution in [2.45, 2.75) is 39.2 Å². The largest absolute Gasteiger partial charge is 0.468 e. The number of pyridine rings is 1. The molecule has 1 heterocycles. The van der Waals surface area contributed by atoms with Gasteiger partial charge >= 0.3 is 6.18 Å². The van der Waals surface area contributed by atoms with Gasteiger partial charge in [0.2, 0.25) is 5.88 Å². The van der Waals surface area contributed by atoms with Gasteiger partial charge in [-0.1, -0.05) is 24.3 Å². The zero-order chi connectivity index (χ0) is 20.7. The summed E-state index contributed by atoms with van der Waals surface area (Å²) < 4.78 is 40.9. The van der Waals surface area contributed by atoms with Gasteiger partial charge in [-0.25, -0.2) is 4.98 Å². The molecule has 5 nitrogen and oxygen atoms in total. The average Bonchev–Trinajstić information content (AvgIpc) is 2.65. The van der Waals surface area contributed by atoms with Crippen molar-refractivity contribution in [3.05, 3.63) is 59.3 Å². The summed E-state index contributed by atoms with van der Waals surface area (Å²) in [4.78, 5) is 18.1. The van der Waals surface area contributed by atoms with Gasteiger partial charge in [-0.05, 0) is 38.1 Å². The van der Waals surface area contributed by atoms with E-state index in [1.807, 2.05) is 24.3 Å². The Hall–Kier alpha value is -2.61. The quantitative estimate of drug-likeness (QED) is 0.739. The first kappa shape index (κ1) is 21.7. The number of hydrogen-bond donors (Lipinski definition) is 1. The van der Waals surface area contributed by atoms with Crippen molar-refractivity contribution < 1.29 is 22.7 Å². The highest BCUT2D eigenvalue weighted by molar-refractivity contribution is 5.93. The first-order valence-electron chi connectivity index (χ1n) is 8.86. The van der Waals surface area contributed by atoms with E-state index in [1.165, 1.54) is 23.9 Å². The van der Waals surface area contributed by atoms with Gasteiger partial charge in [0.15, 0.2) is 6.61 Å². The lowest BCUT2D eigenvalue weighted by atomic mass is 10.1. The van der Waals surface area contributed by atoms with Crippen LogP contribution in [0.2, 0.25) is 0 Å². The van der Waals surface area contributed by atoms with Gasteiger partial charge in [0.05, 0.1) is 5.56 Å². The molecule has 152 valence electrons. The summed E-state index contributed by atoms with van der Waals surface area (Å²) >= 11 is 0. The Labute approximate surface area is 162 Å². The van der Waals surface area contributed by atoms with E-state index in [2.05, 4.69) is 40.8 Å². The summed E-state index contributed by atoms with van der Waals surface area (Å²) in [7, 11) is 2.06. The SMILES string of the molecule is CC(C)N(C)Cc1ccc(CNC(=O)c2ccc(OCC(F)(F)F)nc2)cc1. The second kappa shape index (κ2) is 9.54. The number of rotatable bonds is 8. The van der Waals surface area contributed by atoms with E-state index in [9.17, 15) is 18.0 Å². The van der Waals surface area contributed by atoms with Gasteiger partial charge in [0.1, 0.15) is 0 Å². The summed E-state index contributed by atoms with van der Waals surface area (Å²) in [6.45, 7) is 4.03. The Morgan fingerprint density at radius 2 is 1.79 bits per heavy atom. The third kappa shape index (κ3) is 7.19. The van der Waals surface area contributed by atoms with Crippen molar-refractivity contribution in [3.63, 3.8) is 0 Å². The summed E-state index contributed by atoms with van der Waals surface area (Å²) in [5, 5.41) is 2.76. The van der Waals surface area contributed by atoms with Crippen molar-refractivity contribution in [3.8, 4) is 5.88 Å². The van der Waals surface area contributed by atoms with Crippen molar-refractivity contribution in [2.24, 2.45) is 0 Å². The Kier molecular flexibility index (Phi) is 7.39. The lowest BCUT2D eigenvalue weighted by molar-refractivity contribution is -0.154. The van der Waals surface area contributed by atoms with Crippen LogP contribution >= 0.6 is 0 Å². The van der Waals surface area contributed by atoms with Crippen LogP contribution in [0.5, 0.6) is 5.88 Å². The van der Waals surface area contributed by atoms with E-state index in [0.29, 0.717) is 12.6 Å². The Balaban J connectivity index is 1.84. The third-order valence-corrected chi connectivity index (χ3v) is 4.17. The van der Waals surface area contributed by atoms with Crippen LogP contribution in [0.3, 0.4) is 0 Å². The van der Waals surface area contributed by atoms with Gasteiger partial charge in [-0.2, -0.15) is 13.2 Å². The van der Waals surface area contributed by atoms with E-state index in [0.717, 1.165) is 12.1 Å². The van der Waals surface area contributed by atoms with Crippen molar-refractivity contribution in [1.82, 2.24) is 15.2 Å². The molecule has 2 aromatic rings. The highest BCUT2D eigenvalue weighted by Crippen LogP contribution is 2.17. The molecule has 28 heavy (non-hydrogen) atoms. The molecule has 0 fully saturated rings. The van der Waals surface area contributed by atoms with Crippen LogP contribution in [-0.2, 0) is 13.1 Å². The Morgan fingerprint density at radius 3 is 2.32 bits per heavy atom. The fraction of sp³-hybridized carbons (Fsp3) is 0.400. The van der Waals surface area contributed by atoms with Gasteiger partial charge < -0.3 is 10.1 Å². The van der Waals surface area contributed by atoms with Gasteiger partial charge in [-0.15, -0.1) is 0 Å². The van der Waals surface area contributed by atoms with Crippen molar-refractivity contribution in [2.75, 3.05) is 13.7 Å². The second-order valence-corrected chi connectivity index (χ2v) is 6.80. The third-order valence-electron chi connectivity index (χ3n) is 4.17. The number of hydrogen-bond acceptors (Lipinski definition) is 4. The fourth-order valence-electron chi connectivity index (χ4n) is 2.27. The highest BCUT2D eigenvalue weighted by Gasteiger charge is 2.28. The molecule has 0 atom stereocenters. The molecule has 2 rings (SSSR count). The molecule has 1 aromatic carbocycles. The first-order chi connectivity index (χ1) is 13.1. The molecule has 1 N–H and O–H groups in total. The number of nitrogens with one attached hydrogen (secondary N) is 1. The van der Waals surface area contributed by atoms with E-state index in [-0.39, 0.29) is 17.4 Å². The van der Waals surface area contributed by atoms with E-state index < -0.39 is 12.8 Å². The molecular weight excluding hydrogens is 371 g/mol. The standard InChI is InChI=1S/C20H24F3N3O2/c1-14(2)26(3)12-16-6-4-15(5-7-16)10-25-19(27)17-8-9-18(24-11-17)28-13-20(21,22)23/h4-9,11,14H,10,12-13H2,1-3H3,(H,25,27). The molecule has 0 aliphatic carbocycles. The molecule has 0 aliphatic rings. The highest BCUT2D eigenvalue weighted by atomic mass is 19.4. The minimum Gasteiger partial charge on any atom is -0.468 e. The number of amides is 1. The molecule has 8 heteroatoms. The van der Waals surface area contributed by atoms with E-state index in [1.54, 1.807) is 0 Å². The summed E-state index contributed by atoms with van der Waals surface area (Å²) in [6.07, 6.45) is -3.25. The summed E-state index contributed by atoms with van der Waals surface area (Å²) in [5.41, 5.74) is 2.38. The van der Waals surface area contributed by atoms with Gasteiger partial charge in [0.25, 0.3) is 5.91 Å². The number of nitrogens with zero attached hydrogens (tertiary/aromatic N) is 2. The topological polar surface area (TPSA) is 54.5 Å². The second-order valence-electron chi connectivity index (χ2n) is 6.80. The molecule has 1 aromatic heterocycles. The molecule has 0 aliphatic heterocycles. The lowest BCUT2D eigenvalue weighted by Crippen LogP contribution is -2.25. The zero-order valence-electron chi connectivity index (χ0n) is 16.1. The molecule has 1 amide bonds. The number of alkyl halides is 3. The smallest absolute Gasteiger partial charge is 0.422 e. The molecule has 0 radical (unpaired) electrons. The normalized spacial score (nSPS) is 11.7. The van der Waals surface area contributed by atoms with Crippen molar-refractivity contribution >= 4 is 5.91 Å². The molecule has 0 saturated carbocycles. The molecule has 0 spiro atoms. The van der Waals surface area contributed by atoms with Crippen LogP contribution in [0.1, 0.15) is 35.3 Å². The molecular formula is C20H24F3N3O2. The summed E-state index contributed by atoms with van der Waals surface area (Å²) in [5.74, 6) is -0.547. The van der Waals surface area contributed by atoms with Crippen LogP contribution in [-0.4, -0.2) is 41.7 Å². The number of carbonyl (C=O) groups is 1. The lowest BCUT2D eigenvalue weighted by Gasteiger charge is -2.21. The molecule has 0 saturated heterocycles. The zero-order valence-corrected chi connectivity index (χ0v) is 16.1. The number of carbonyl (C=O) groups excluding carboxylic acids is 1. The van der Waals surface area contributed by atoms with Gasteiger partial charge in [0, 0.05) is 31.4 Å². The minimum absolute atomic E-state index is 0.184. The average molecular weight is 395 g/mol. The number of benzene rings is 1. The maximum atomic E-state index is 12.2. The predicted molar refractivity (Wildman–Crippen MR) is 100 cm³/mol. The van der Waals surface area contributed by atoms with E-state index in [4.69, 9.17) is 0 Å². The van der Waals surface area contributed by atoms with Crippen molar-refractivity contribution in [1.29, 1.82) is 0 Å². The summed E-state index contributed by atoms with van der Waals surface area (Å²) in [6, 6.07) is 11.0.